The molecule has 0 spiro atoms. The van der Waals surface area contributed by atoms with E-state index < -0.39 is 24.6 Å². The summed E-state index contributed by atoms with van der Waals surface area (Å²) >= 11 is 0. The number of nitrogens with one attached hydrogen (secondary N) is 1. The summed E-state index contributed by atoms with van der Waals surface area (Å²) in [6.07, 6.45) is -0.319. The van der Waals surface area contributed by atoms with Gasteiger partial charge in [0.15, 0.2) is 0 Å². The quantitative estimate of drug-likeness (QED) is 0.604. The molecule has 0 radical (unpaired) electrons. The smallest absolute Gasteiger partial charge is 0.312 e. The molecule has 0 heterocycles. The highest BCUT2D eigenvalue weighted by molar-refractivity contribution is 7.83. The van der Waals surface area contributed by atoms with E-state index in [2.05, 4.69) is 4.72 Å². The highest BCUT2D eigenvalue weighted by atomic mass is 32.2. The Labute approximate surface area is 162 Å². The number of carbonyl (C=O) groups excluding carboxylic acids is 1. The zero-order valence-electron chi connectivity index (χ0n) is 15.6. The van der Waals surface area contributed by atoms with Gasteiger partial charge in [0, 0.05) is 20.6 Å². The van der Waals surface area contributed by atoms with Gasteiger partial charge in [-0.15, -0.1) is 0 Å². The molecule has 6 nitrogen and oxygen atoms in total. The van der Waals surface area contributed by atoms with E-state index in [0.717, 1.165) is 11.1 Å². The maximum Gasteiger partial charge on any atom is 0.337 e. The minimum absolute atomic E-state index is 0.0122. The highest BCUT2D eigenvalue weighted by Crippen LogP contribution is 2.46. The average Bonchev–Trinajstić information content (AvgIpc) is 2.68. The molecule has 2 atom stereocenters. The first kappa shape index (κ1) is 21.7. The predicted molar refractivity (Wildman–Crippen MR) is 106 cm³/mol. The molecule has 1 N–H and O–H groups in total. The normalized spacial score (nSPS) is 13.9. The molecule has 2 aromatic carbocycles. The van der Waals surface area contributed by atoms with Gasteiger partial charge in [0.1, 0.15) is 22.9 Å². The third kappa shape index (κ3) is 6.48. The molecule has 0 aliphatic heterocycles. The van der Waals surface area contributed by atoms with E-state index in [0.29, 0.717) is 4.90 Å². The molecule has 146 valence electrons. The van der Waals surface area contributed by atoms with Crippen LogP contribution in [-0.4, -0.2) is 30.4 Å². The van der Waals surface area contributed by atoms with E-state index in [1.54, 1.807) is 12.1 Å². The molecule has 27 heavy (non-hydrogen) atoms. The highest BCUT2D eigenvalue weighted by Gasteiger charge is 2.28. The van der Waals surface area contributed by atoms with Gasteiger partial charge >= 0.3 is 7.60 Å². The summed E-state index contributed by atoms with van der Waals surface area (Å²) in [6.45, 7) is 1.95. The van der Waals surface area contributed by atoms with Crippen LogP contribution in [0.25, 0.3) is 0 Å². The van der Waals surface area contributed by atoms with Crippen molar-refractivity contribution < 1.29 is 22.6 Å². The first-order valence-corrected chi connectivity index (χ1v) is 11.3. The van der Waals surface area contributed by atoms with Gasteiger partial charge in [-0.3, -0.25) is 9.36 Å². The number of hydrogen-bond acceptors (Lipinski definition) is 5. The van der Waals surface area contributed by atoms with Crippen LogP contribution in [0.1, 0.15) is 23.6 Å². The molecule has 0 aliphatic carbocycles. The van der Waals surface area contributed by atoms with Gasteiger partial charge in [-0.1, -0.05) is 48.0 Å². The van der Waals surface area contributed by atoms with Gasteiger partial charge in [-0.2, -0.15) is 0 Å². The molecule has 8 heteroatoms. The fourth-order valence-electron chi connectivity index (χ4n) is 2.48. The molecular formula is C19H24NO5PS. The summed E-state index contributed by atoms with van der Waals surface area (Å²) in [6, 6.07) is 16.1. The maximum atomic E-state index is 12.7. The zero-order valence-corrected chi connectivity index (χ0v) is 17.3. The van der Waals surface area contributed by atoms with Crippen LogP contribution in [0.4, 0.5) is 0 Å². The molecule has 0 saturated heterocycles. The molecule has 0 aliphatic rings. The van der Waals surface area contributed by atoms with Crippen molar-refractivity contribution in [3.63, 3.8) is 0 Å². The molecular weight excluding hydrogens is 385 g/mol. The standard InChI is InChI=1S/C19H24NO5PS/c1-15-9-11-18(12-10-15)27(23)20-19(16-7-5-4-6-8-16)13-17(21)14-26(22,24-2)25-3/h4-12,19-20H,13-14H2,1-3H3/t19-,27?/m1/s1. The second-order valence-corrected chi connectivity index (χ2v) is 9.55. The van der Waals surface area contributed by atoms with Crippen LogP contribution in [0.3, 0.4) is 0 Å². The lowest BCUT2D eigenvalue weighted by Gasteiger charge is -2.19. The summed E-state index contributed by atoms with van der Waals surface area (Å²) < 4.78 is 37.6. The maximum absolute atomic E-state index is 12.7. The summed E-state index contributed by atoms with van der Waals surface area (Å²) in [7, 11) is -2.44. The van der Waals surface area contributed by atoms with Gasteiger partial charge in [0.25, 0.3) is 0 Å². The van der Waals surface area contributed by atoms with Crippen molar-refractivity contribution in [3.05, 3.63) is 65.7 Å². The summed E-state index contributed by atoms with van der Waals surface area (Å²) in [5.74, 6) is -0.302. The van der Waals surface area contributed by atoms with E-state index in [1.165, 1.54) is 14.2 Å². The Kier molecular flexibility index (Phi) is 8.07. The van der Waals surface area contributed by atoms with Crippen LogP contribution in [-0.2, 0) is 29.4 Å². The minimum Gasteiger partial charge on any atom is -0.312 e. The van der Waals surface area contributed by atoms with Gasteiger partial charge in [-0.05, 0) is 24.6 Å². The Morgan fingerprint density at radius 3 is 2.22 bits per heavy atom. The molecule has 0 fully saturated rings. The Morgan fingerprint density at radius 2 is 1.67 bits per heavy atom. The fraction of sp³-hybridized carbons (Fsp3) is 0.316. The van der Waals surface area contributed by atoms with Crippen molar-refractivity contribution >= 4 is 24.4 Å². The van der Waals surface area contributed by atoms with E-state index in [-0.39, 0.29) is 18.4 Å². The monoisotopic (exact) mass is 409 g/mol. The largest absolute Gasteiger partial charge is 0.337 e. The van der Waals surface area contributed by atoms with E-state index in [9.17, 15) is 13.6 Å². The Balaban J connectivity index is 2.17. The molecule has 0 amide bonds. The Hall–Kier alpha value is -1.63. The average molecular weight is 409 g/mol. The first-order valence-electron chi connectivity index (χ1n) is 8.38. The molecule has 1 unspecified atom stereocenters. The number of ketones is 1. The van der Waals surface area contributed by atoms with Crippen LogP contribution in [0, 0.1) is 6.92 Å². The van der Waals surface area contributed by atoms with Crippen molar-refractivity contribution in [3.8, 4) is 0 Å². The Bertz CT molecular complexity index is 818. The van der Waals surface area contributed by atoms with Crippen molar-refractivity contribution in [2.24, 2.45) is 0 Å². The van der Waals surface area contributed by atoms with Crippen LogP contribution in [0.15, 0.2) is 59.5 Å². The second-order valence-electron chi connectivity index (χ2n) is 6.04. The van der Waals surface area contributed by atoms with E-state index in [1.807, 2.05) is 49.4 Å². The first-order chi connectivity index (χ1) is 12.9. The second kappa shape index (κ2) is 10.1. The molecule has 2 rings (SSSR count). The molecule has 2 aromatic rings. The number of benzene rings is 2. The number of rotatable bonds is 10. The lowest BCUT2D eigenvalue weighted by atomic mass is 10.0. The van der Waals surface area contributed by atoms with Crippen molar-refractivity contribution in [2.75, 3.05) is 20.4 Å². The lowest BCUT2D eigenvalue weighted by Crippen LogP contribution is -2.27. The molecule has 0 bridgehead atoms. The van der Waals surface area contributed by atoms with Gasteiger partial charge < -0.3 is 9.05 Å². The van der Waals surface area contributed by atoms with Gasteiger partial charge in [-0.25, -0.2) is 8.93 Å². The van der Waals surface area contributed by atoms with E-state index >= 15 is 0 Å². The number of aryl methyl sites for hydroxylation is 1. The van der Waals surface area contributed by atoms with Crippen molar-refractivity contribution in [2.45, 2.75) is 24.3 Å². The fourth-order valence-corrected chi connectivity index (χ4v) is 4.45. The van der Waals surface area contributed by atoms with Crippen molar-refractivity contribution in [1.29, 1.82) is 0 Å². The SMILES string of the molecule is COP(=O)(CC(=O)C[C@@H](NS(=O)c1ccc(C)cc1)c1ccccc1)OC. The third-order valence-electron chi connectivity index (χ3n) is 4.04. The van der Waals surface area contributed by atoms with Gasteiger partial charge in [0.05, 0.1) is 10.9 Å². The van der Waals surface area contributed by atoms with Crippen LogP contribution < -0.4 is 4.72 Å². The van der Waals surface area contributed by atoms with Crippen molar-refractivity contribution in [1.82, 2.24) is 4.72 Å². The number of carbonyl (C=O) groups is 1. The summed E-state index contributed by atoms with van der Waals surface area (Å²) in [5, 5.41) is 0. The Morgan fingerprint density at radius 1 is 1.07 bits per heavy atom. The van der Waals surface area contributed by atoms with Crippen LogP contribution >= 0.6 is 7.60 Å². The third-order valence-corrected chi connectivity index (χ3v) is 7.10. The predicted octanol–water partition coefficient (Wildman–Crippen LogP) is 3.79. The molecule has 0 aromatic heterocycles. The lowest BCUT2D eigenvalue weighted by molar-refractivity contribution is -0.117. The topological polar surface area (TPSA) is 81.7 Å². The summed E-state index contributed by atoms with van der Waals surface area (Å²) in [5.41, 5.74) is 1.89. The van der Waals surface area contributed by atoms with Crippen LogP contribution in [0.2, 0.25) is 0 Å². The van der Waals surface area contributed by atoms with E-state index in [4.69, 9.17) is 9.05 Å². The molecule has 0 saturated carbocycles. The minimum atomic E-state index is -3.44. The number of Topliss-reactive ketones (excluding diaryl/α,β-unsaturated/α-hetero) is 1. The number of hydrogen-bond donors (Lipinski definition) is 1. The zero-order chi connectivity index (χ0) is 19.9. The van der Waals surface area contributed by atoms with Gasteiger partial charge in [0.2, 0.25) is 0 Å². The summed E-state index contributed by atoms with van der Waals surface area (Å²) in [4.78, 5) is 13.1. The van der Waals surface area contributed by atoms with Crippen LogP contribution in [0.5, 0.6) is 0 Å².